The molecule has 0 amide bonds. The van der Waals surface area contributed by atoms with Crippen molar-refractivity contribution in [3.05, 3.63) is 24.5 Å². The molecule has 0 N–H and O–H groups in total. The Balaban J connectivity index is 2.51. The fourth-order valence-electron chi connectivity index (χ4n) is 4.25. The molecule has 0 unspecified atom stereocenters. The molecule has 14 nitrogen and oxygen atoms in total. The van der Waals surface area contributed by atoms with Crippen LogP contribution in [0.5, 0.6) is 0 Å². The van der Waals surface area contributed by atoms with Crippen molar-refractivity contribution in [1.82, 2.24) is 0 Å². The monoisotopic (exact) mass is 556 g/mol. The third kappa shape index (κ3) is 8.35. The summed E-state index contributed by atoms with van der Waals surface area (Å²) < 4.78 is 43.4. The third-order valence-electron chi connectivity index (χ3n) is 5.77. The van der Waals surface area contributed by atoms with Gasteiger partial charge in [0, 0.05) is 46.0 Å². The van der Waals surface area contributed by atoms with Crippen LogP contribution in [0.3, 0.4) is 0 Å². The number of methoxy groups -OCH3 is 1. The van der Waals surface area contributed by atoms with Crippen molar-refractivity contribution in [3.63, 3.8) is 0 Å². The number of aldehydes is 1. The highest BCUT2D eigenvalue weighted by Crippen LogP contribution is 2.37. The summed E-state index contributed by atoms with van der Waals surface area (Å²) in [5.41, 5.74) is 0.0656. The molecule has 0 aromatic heterocycles. The van der Waals surface area contributed by atoms with Gasteiger partial charge in [-0.2, -0.15) is 0 Å². The zero-order valence-corrected chi connectivity index (χ0v) is 22.2. The molecular weight excluding hydrogens is 524 g/mol. The quantitative estimate of drug-likeness (QED) is 0.149. The molecule has 39 heavy (non-hydrogen) atoms. The van der Waals surface area contributed by atoms with Gasteiger partial charge in [0.1, 0.15) is 19.0 Å². The summed E-state index contributed by atoms with van der Waals surface area (Å²) in [5.74, 6) is -5.36. The van der Waals surface area contributed by atoms with Crippen LogP contribution in [0, 0.1) is 11.8 Å². The molecule has 0 aromatic rings. The van der Waals surface area contributed by atoms with Crippen LogP contribution in [0.4, 0.5) is 0 Å². The van der Waals surface area contributed by atoms with Crippen LogP contribution >= 0.6 is 0 Å². The summed E-state index contributed by atoms with van der Waals surface area (Å²) in [6.45, 7) is 7.71. The van der Waals surface area contributed by atoms with Gasteiger partial charge in [0.2, 0.25) is 12.6 Å². The van der Waals surface area contributed by atoms with E-state index >= 15 is 0 Å². The zero-order chi connectivity index (χ0) is 29.3. The first-order chi connectivity index (χ1) is 18.4. The molecule has 8 atom stereocenters. The van der Waals surface area contributed by atoms with Crippen molar-refractivity contribution < 1.29 is 66.7 Å². The first-order valence-electron chi connectivity index (χ1n) is 11.9. The van der Waals surface area contributed by atoms with Gasteiger partial charge in [-0.15, -0.1) is 6.58 Å². The first kappa shape index (κ1) is 31.4. The molecule has 1 fully saturated rings. The highest BCUT2D eigenvalue weighted by atomic mass is 16.8. The van der Waals surface area contributed by atoms with Crippen molar-refractivity contribution in [1.29, 1.82) is 0 Å². The van der Waals surface area contributed by atoms with Gasteiger partial charge in [-0.1, -0.05) is 6.08 Å². The maximum atomic E-state index is 12.2. The van der Waals surface area contributed by atoms with Gasteiger partial charge in [0.15, 0.2) is 18.3 Å². The lowest BCUT2D eigenvalue weighted by molar-refractivity contribution is -0.342. The van der Waals surface area contributed by atoms with Crippen molar-refractivity contribution in [2.75, 3.05) is 13.7 Å². The van der Waals surface area contributed by atoms with Gasteiger partial charge in [0.05, 0.1) is 18.9 Å². The van der Waals surface area contributed by atoms with E-state index in [1.165, 1.54) is 13.2 Å². The largest absolute Gasteiger partial charge is 0.471 e. The third-order valence-corrected chi connectivity index (χ3v) is 5.77. The van der Waals surface area contributed by atoms with Crippen molar-refractivity contribution >= 4 is 36.1 Å². The zero-order valence-electron chi connectivity index (χ0n) is 22.2. The minimum absolute atomic E-state index is 0.0656. The van der Waals surface area contributed by atoms with Crippen LogP contribution in [0.25, 0.3) is 0 Å². The predicted octanol–water partition coefficient (Wildman–Crippen LogP) is 0.507. The average molecular weight is 557 g/mol. The van der Waals surface area contributed by atoms with E-state index < -0.39 is 85.3 Å². The Morgan fingerprint density at radius 1 is 0.897 bits per heavy atom. The van der Waals surface area contributed by atoms with Crippen LogP contribution in [0.15, 0.2) is 24.5 Å². The molecule has 0 radical (unpaired) electrons. The molecule has 0 aromatic carbocycles. The second-order valence-corrected chi connectivity index (χ2v) is 8.59. The van der Waals surface area contributed by atoms with E-state index in [0.717, 1.165) is 34.0 Å². The van der Waals surface area contributed by atoms with E-state index in [4.69, 9.17) is 37.9 Å². The normalized spacial score (nSPS) is 29.9. The average Bonchev–Trinajstić information content (AvgIpc) is 2.85. The Labute approximate surface area is 224 Å². The van der Waals surface area contributed by atoms with Gasteiger partial charge in [-0.3, -0.25) is 19.2 Å². The Kier molecular flexibility index (Phi) is 11.6. The summed E-state index contributed by atoms with van der Waals surface area (Å²) >= 11 is 0. The van der Waals surface area contributed by atoms with E-state index in [1.807, 2.05) is 0 Å². The van der Waals surface area contributed by atoms with E-state index in [2.05, 4.69) is 6.58 Å². The van der Waals surface area contributed by atoms with Crippen LogP contribution in [0.2, 0.25) is 0 Å². The van der Waals surface area contributed by atoms with E-state index in [0.29, 0.717) is 6.29 Å². The molecule has 0 aliphatic carbocycles. The lowest BCUT2D eigenvalue weighted by atomic mass is 9.82. The predicted molar refractivity (Wildman–Crippen MR) is 126 cm³/mol. The van der Waals surface area contributed by atoms with Crippen LogP contribution < -0.4 is 0 Å². The molecule has 2 heterocycles. The molecule has 0 bridgehead atoms. The van der Waals surface area contributed by atoms with E-state index in [1.54, 1.807) is 0 Å². The summed E-state index contributed by atoms with van der Waals surface area (Å²) in [6.07, 6.45) is -5.36. The molecule has 216 valence electrons. The van der Waals surface area contributed by atoms with Gasteiger partial charge in [-0.05, 0) is 0 Å². The fourth-order valence-corrected chi connectivity index (χ4v) is 4.25. The second-order valence-electron chi connectivity index (χ2n) is 8.59. The molecule has 0 saturated carbocycles. The van der Waals surface area contributed by atoms with Crippen molar-refractivity contribution in [3.8, 4) is 0 Å². The number of ether oxygens (including phenoxy) is 8. The Morgan fingerprint density at radius 2 is 1.49 bits per heavy atom. The lowest BCUT2D eigenvalue weighted by Gasteiger charge is -2.45. The fraction of sp³-hybridized carbons (Fsp3) is 0.600. The van der Waals surface area contributed by atoms with Crippen LogP contribution in [-0.4, -0.2) is 86.8 Å². The number of hydrogen-bond acceptors (Lipinski definition) is 14. The highest BCUT2D eigenvalue weighted by Gasteiger charge is 2.54. The Morgan fingerprint density at radius 3 is 2.00 bits per heavy atom. The topological polar surface area (TPSA) is 176 Å². The Bertz CT molecular complexity index is 987. The van der Waals surface area contributed by atoms with Gasteiger partial charge in [0.25, 0.3) is 0 Å². The number of carbonyl (C=O) groups excluding carboxylic acids is 6. The molecule has 2 rings (SSSR count). The highest BCUT2D eigenvalue weighted by molar-refractivity contribution is 5.89. The summed E-state index contributed by atoms with van der Waals surface area (Å²) in [5, 5.41) is 0. The van der Waals surface area contributed by atoms with Gasteiger partial charge in [-0.25, -0.2) is 4.79 Å². The molecular formula is C25H32O14. The van der Waals surface area contributed by atoms with Crippen molar-refractivity contribution in [2.45, 2.75) is 71.1 Å². The molecule has 2 aliphatic heterocycles. The van der Waals surface area contributed by atoms with Gasteiger partial charge >= 0.3 is 29.8 Å². The van der Waals surface area contributed by atoms with Crippen LogP contribution in [0.1, 0.15) is 34.1 Å². The Hall–Kier alpha value is -3.78. The standard InChI is InChI=1S/C25H32O14/c1-7-16-17(8-9-26)18(23(31)32-6)10-34-24(16)39-25-22(37-15(5)30)21(36-14(4)29)20(35-13(3)28)19(38-25)11-33-12(2)27/h7,9-10,16-17,19-22,24-25H,1,8,11H2,2-6H3/t16-,17+,19-,20-,21+,22-,24+,25-/m1/s1. The van der Waals surface area contributed by atoms with E-state index in [-0.39, 0.29) is 12.0 Å². The minimum atomic E-state index is -1.54. The number of carbonyl (C=O) groups is 6. The molecule has 1 saturated heterocycles. The molecule has 2 aliphatic rings. The number of rotatable bonds is 11. The minimum Gasteiger partial charge on any atom is -0.471 e. The van der Waals surface area contributed by atoms with E-state index in [9.17, 15) is 28.8 Å². The lowest BCUT2D eigenvalue weighted by Crippen LogP contribution is -2.63. The number of hydrogen-bond donors (Lipinski definition) is 0. The molecule has 0 spiro atoms. The second kappa shape index (κ2) is 14.4. The molecule has 14 heteroatoms. The smallest absolute Gasteiger partial charge is 0.337 e. The SMILES string of the molecule is C=C[C@H]1[C@H](O[C@H]2O[C@H](COC(C)=O)[C@@H](OC(C)=O)[C@H](OC(C)=O)[C@H]2OC(C)=O)OC=C(C(=O)OC)[C@H]1CC=O. The number of esters is 5. The maximum Gasteiger partial charge on any atom is 0.337 e. The van der Waals surface area contributed by atoms with Gasteiger partial charge < -0.3 is 42.7 Å². The summed E-state index contributed by atoms with van der Waals surface area (Å²) in [7, 11) is 1.17. The summed E-state index contributed by atoms with van der Waals surface area (Å²) in [6, 6.07) is 0. The maximum absolute atomic E-state index is 12.2. The van der Waals surface area contributed by atoms with Crippen molar-refractivity contribution in [2.24, 2.45) is 11.8 Å². The summed E-state index contributed by atoms with van der Waals surface area (Å²) in [4.78, 5) is 71.0. The first-order valence-corrected chi connectivity index (χ1v) is 11.9. The van der Waals surface area contributed by atoms with Crippen LogP contribution in [-0.2, 0) is 66.7 Å².